The summed E-state index contributed by atoms with van der Waals surface area (Å²) in [5.41, 5.74) is 2.62. The highest BCUT2D eigenvalue weighted by atomic mass is 19.3. The maximum Gasteiger partial charge on any atom is 0.387 e. The Kier molecular flexibility index (Phi) is 5.06. The number of aromatic nitrogens is 1. The lowest BCUT2D eigenvalue weighted by atomic mass is 10.1. The number of halogens is 2. The molecule has 1 heterocycles. The van der Waals surface area contributed by atoms with Crippen molar-refractivity contribution in [2.45, 2.75) is 39.3 Å². The lowest BCUT2D eigenvalue weighted by molar-refractivity contribution is -0.0498. The molecule has 1 aromatic heterocycles. The van der Waals surface area contributed by atoms with E-state index in [9.17, 15) is 18.4 Å². The molecule has 1 aliphatic carbocycles. The number of rotatable bonds is 7. The molecule has 3 rings (SSSR count). The summed E-state index contributed by atoms with van der Waals surface area (Å²) in [6.45, 7) is 0.544. The number of benzene rings is 1. The van der Waals surface area contributed by atoms with E-state index in [0.717, 1.165) is 24.2 Å². The van der Waals surface area contributed by atoms with Gasteiger partial charge in [0.15, 0.2) is 6.61 Å². The Bertz CT molecular complexity index is 823. The van der Waals surface area contributed by atoms with Crippen LogP contribution in [-0.2, 0) is 4.74 Å². The molecule has 1 fully saturated rings. The first kappa shape index (κ1) is 18.1. The van der Waals surface area contributed by atoms with Crippen molar-refractivity contribution >= 4 is 11.8 Å². The number of Topliss-reactive ketones (excluding diaryl/α,β-unsaturated/α-hetero) is 1. The Morgan fingerprint density at radius 1 is 1.19 bits per heavy atom. The lowest BCUT2D eigenvalue weighted by Gasteiger charge is -2.08. The minimum Gasteiger partial charge on any atom is -0.454 e. The Labute approximate surface area is 149 Å². The third-order valence-corrected chi connectivity index (χ3v) is 4.35. The Morgan fingerprint density at radius 2 is 1.85 bits per heavy atom. The topological polar surface area (TPSA) is 57.5 Å². The summed E-state index contributed by atoms with van der Waals surface area (Å²) < 4.78 is 35.7. The highest BCUT2D eigenvalue weighted by Gasteiger charge is 2.28. The Balaban J connectivity index is 1.61. The van der Waals surface area contributed by atoms with E-state index in [2.05, 4.69) is 9.30 Å². The van der Waals surface area contributed by atoms with Crippen molar-refractivity contribution < 1.29 is 27.8 Å². The van der Waals surface area contributed by atoms with Crippen LogP contribution >= 0.6 is 0 Å². The predicted octanol–water partition coefficient (Wildman–Crippen LogP) is 4.08. The molecule has 0 saturated heterocycles. The van der Waals surface area contributed by atoms with Gasteiger partial charge in [-0.15, -0.1) is 0 Å². The number of hydrogen-bond acceptors (Lipinski definition) is 4. The molecule has 7 heteroatoms. The quantitative estimate of drug-likeness (QED) is 0.549. The third-order valence-electron chi connectivity index (χ3n) is 4.35. The van der Waals surface area contributed by atoms with Gasteiger partial charge in [-0.25, -0.2) is 4.79 Å². The number of carbonyl (C=O) groups excluding carboxylic acids is 2. The fraction of sp³-hybridized carbons (Fsp3) is 0.368. The highest BCUT2D eigenvalue weighted by molar-refractivity contribution is 6.00. The number of nitrogens with zero attached hydrogens (tertiary/aromatic N) is 1. The smallest absolute Gasteiger partial charge is 0.387 e. The van der Waals surface area contributed by atoms with Crippen LogP contribution in [0.1, 0.15) is 51.0 Å². The van der Waals surface area contributed by atoms with Crippen LogP contribution in [0.3, 0.4) is 0 Å². The van der Waals surface area contributed by atoms with Gasteiger partial charge in [-0.3, -0.25) is 4.79 Å². The van der Waals surface area contributed by atoms with Gasteiger partial charge >= 0.3 is 12.6 Å². The van der Waals surface area contributed by atoms with Crippen molar-refractivity contribution in [2.24, 2.45) is 0 Å². The van der Waals surface area contributed by atoms with Crippen molar-refractivity contribution in [1.82, 2.24) is 4.57 Å². The van der Waals surface area contributed by atoms with Crippen LogP contribution in [0.2, 0.25) is 0 Å². The lowest BCUT2D eigenvalue weighted by Crippen LogP contribution is -2.15. The van der Waals surface area contributed by atoms with Crippen LogP contribution in [0, 0.1) is 13.8 Å². The van der Waals surface area contributed by atoms with E-state index >= 15 is 0 Å². The van der Waals surface area contributed by atoms with Crippen LogP contribution in [0.4, 0.5) is 8.78 Å². The number of esters is 1. The maximum absolute atomic E-state index is 12.4. The van der Waals surface area contributed by atoms with Gasteiger partial charge in [0.05, 0.1) is 5.56 Å². The molecule has 0 bridgehead atoms. The van der Waals surface area contributed by atoms with Gasteiger partial charge in [0.2, 0.25) is 5.78 Å². The van der Waals surface area contributed by atoms with Gasteiger partial charge in [-0.2, -0.15) is 8.78 Å². The average molecular weight is 363 g/mol. The molecule has 0 spiro atoms. The summed E-state index contributed by atoms with van der Waals surface area (Å²) in [6.07, 6.45) is 2.23. The fourth-order valence-electron chi connectivity index (χ4n) is 3.02. The minimum atomic E-state index is -2.93. The molecule has 0 unspecified atom stereocenters. The zero-order valence-corrected chi connectivity index (χ0v) is 14.5. The Hall–Kier alpha value is -2.70. The molecule has 0 N–H and O–H groups in total. The summed E-state index contributed by atoms with van der Waals surface area (Å²) in [5, 5.41) is 0. The van der Waals surface area contributed by atoms with Crippen LogP contribution < -0.4 is 4.74 Å². The van der Waals surface area contributed by atoms with E-state index in [-0.39, 0.29) is 23.7 Å². The zero-order valence-electron chi connectivity index (χ0n) is 14.5. The number of ketones is 1. The first-order valence-corrected chi connectivity index (χ1v) is 8.30. The number of hydrogen-bond donors (Lipinski definition) is 0. The largest absolute Gasteiger partial charge is 0.454 e. The molecule has 1 saturated carbocycles. The highest BCUT2D eigenvalue weighted by Crippen LogP contribution is 2.38. The van der Waals surface area contributed by atoms with Crippen molar-refractivity contribution in [3.63, 3.8) is 0 Å². The van der Waals surface area contributed by atoms with Crippen molar-refractivity contribution in [3.8, 4) is 5.75 Å². The maximum atomic E-state index is 12.4. The summed E-state index contributed by atoms with van der Waals surface area (Å²) in [7, 11) is 0. The standard InChI is InChI=1S/C19H19F2NO4/c1-11-9-16(12(2)22(11)14-5-6-14)17(23)10-25-18(24)13-3-7-15(8-4-13)26-19(20)21/h3-4,7-9,14,19H,5-6,10H2,1-2H3. The first-order chi connectivity index (χ1) is 12.4. The molecule has 26 heavy (non-hydrogen) atoms. The summed E-state index contributed by atoms with van der Waals surface area (Å²) >= 11 is 0. The van der Waals surface area contributed by atoms with E-state index in [1.54, 1.807) is 0 Å². The van der Waals surface area contributed by atoms with Gasteiger partial charge in [-0.05, 0) is 57.0 Å². The Morgan fingerprint density at radius 3 is 2.42 bits per heavy atom. The molecule has 5 nitrogen and oxygen atoms in total. The zero-order chi connectivity index (χ0) is 18.8. The van der Waals surface area contributed by atoms with Gasteiger partial charge < -0.3 is 14.0 Å². The minimum absolute atomic E-state index is 0.0554. The predicted molar refractivity (Wildman–Crippen MR) is 89.9 cm³/mol. The molecule has 1 aliphatic rings. The number of ether oxygens (including phenoxy) is 2. The SMILES string of the molecule is Cc1cc(C(=O)COC(=O)c2ccc(OC(F)F)cc2)c(C)n1C1CC1. The summed E-state index contributed by atoms with van der Waals surface area (Å²) in [5.74, 6) is -1.02. The molecule has 0 aliphatic heterocycles. The second kappa shape index (κ2) is 7.27. The van der Waals surface area contributed by atoms with Crippen LogP contribution in [0.25, 0.3) is 0 Å². The van der Waals surface area contributed by atoms with Crippen LogP contribution in [0.15, 0.2) is 30.3 Å². The molecule has 138 valence electrons. The van der Waals surface area contributed by atoms with Crippen LogP contribution in [-0.4, -0.2) is 29.5 Å². The van der Waals surface area contributed by atoms with E-state index in [1.807, 2.05) is 19.9 Å². The van der Waals surface area contributed by atoms with Gasteiger partial charge in [0.25, 0.3) is 0 Å². The molecule has 0 atom stereocenters. The van der Waals surface area contributed by atoms with Gasteiger partial charge in [-0.1, -0.05) is 0 Å². The first-order valence-electron chi connectivity index (χ1n) is 8.30. The van der Waals surface area contributed by atoms with Crippen molar-refractivity contribution in [2.75, 3.05) is 6.61 Å². The molecular weight excluding hydrogens is 344 g/mol. The molecular formula is C19H19F2NO4. The fourth-order valence-corrected chi connectivity index (χ4v) is 3.02. The normalized spacial score (nSPS) is 13.7. The molecule has 0 radical (unpaired) electrons. The van der Waals surface area contributed by atoms with E-state index in [4.69, 9.17) is 4.74 Å². The average Bonchev–Trinajstić information content (AvgIpc) is 3.37. The molecule has 0 amide bonds. The number of alkyl halides is 2. The van der Waals surface area contributed by atoms with Gasteiger partial charge in [0.1, 0.15) is 5.75 Å². The molecule has 1 aromatic carbocycles. The van der Waals surface area contributed by atoms with E-state index in [1.165, 1.54) is 24.3 Å². The van der Waals surface area contributed by atoms with Crippen molar-refractivity contribution in [1.29, 1.82) is 0 Å². The van der Waals surface area contributed by atoms with Gasteiger partial charge in [0, 0.05) is 23.0 Å². The monoisotopic (exact) mass is 363 g/mol. The van der Waals surface area contributed by atoms with Crippen molar-refractivity contribution in [3.05, 3.63) is 52.8 Å². The summed E-state index contributed by atoms with van der Waals surface area (Å²) in [6, 6.07) is 7.39. The third kappa shape index (κ3) is 3.92. The van der Waals surface area contributed by atoms with Crippen LogP contribution in [0.5, 0.6) is 5.75 Å². The summed E-state index contributed by atoms with van der Waals surface area (Å²) in [4.78, 5) is 24.4. The van der Waals surface area contributed by atoms with E-state index < -0.39 is 12.6 Å². The number of carbonyl (C=O) groups is 2. The number of aryl methyl sites for hydroxylation is 1. The second-order valence-electron chi connectivity index (χ2n) is 6.29. The van der Waals surface area contributed by atoms with E-state index in [0.29, 0.717) is 11.6 Å². The second-order valence-corrected chi connectivity index (χ2v) is 6.29. The molecule has 2 aromatic rings.